The van der Waals surface area contributed by atoms with Gasteiger partial charge in [-0.15, -0.1) is 11.3 Å². The Kier molecular flexibility index (Phi) is 4.41. The van der Waals surface area contributed by atoms with Crippen LogP contribution in [0.4, 0.5) is 0 Å². The molecule has 19 heavy (non-hydrogen) atoms. The Morgan fingerprint density at radius 3 is 3.00 bits per heavy atom. The second kappa shape index (κ2) is 6.08. The van der Waals surface area contributed by atoms with E-state index in [4.69, 9.17) is 0 Å². The SMILES string of the molecule is Cc1ccc(C2NCC(=O)N2CC2CSCCS2)s1. The van der Waals surface area contributed by atoms with Crippen LogP contribution in [0, 0.1) is 6.92 Å². The number of nitrogens with zero attached hydrogens (tertiary/aromatic N) is 1. The van der Waals surface area contributed by atoms with Gasteiger partial charge in [-0.1, -0.05) is 0 Å². The highest BCUT2D eigenvalue weighted by Crippen LogP contribution is 2.31. The lowest BCUT2D eigenvalue weighted by atomic mass is 10.3. The Morgan fingerprint density at radius 2 is 2.32 bits per heavy atom. The largest absolute Gasteiger partial charge is 0.320 e. The van der Waals surface area contributed by atoms with Gasteiger partial charge in [0.2, 0.25) is 5.91 Å². The van der Waals surface area contributed by atoms with Crippen molar-refractivity contribution < 1.29 is 4.79 Å². The van der Waals surface area contributed by atoms with Crippen molar-refractivity contribution in [1.29, 1.82) is 0 Å². The molecule has 2 aliphatic heterocycles. The molecule has 3 rings (SSSR count). The van der Waals surface area contributed by atoms with Crippen molar-refractivity contribution in [2.75, 3.05) is 30.3 Å². The molecule has 2 saturated heterocycles. The maximum atomic E-state index is 12.1. The van der Waals surface area contributed by atoms with E-state index in [0.29, 0.717) is 11.8 Å². The van der Waals surface area contributed by atoms with E-state index in [-0.39, 0.29) is 12.1 Å². The highest BCUT2D eigenvalue weighted by molar-refractivity contribution is 8.06. The lowest BCUT2D eigenvalue weighted by Gasteiger charge is -2.29. The van der Waals surface area contributed by atoms with Crippen LogP contribution in [-0.2, 0) is 4.79 Å². The molecule has 3 heterocycles. The van der Waals surface area contributed by atoms with Crippen LogP contribution in [0.15, 0.2) is 12.1 Å². The second-order valence-electron chi connectivity index (χ2n) is 4.85. The van der Waals surface area contributed by atoms with Crippen molar-refractivity contribution in [3.05, 3.63) is 21.9 Å². The van der Waals surface area contributed by atoms with Crippen LogP contribution in [0.2, 0.25) is 0 Å². The van der Waals surface area contributed by atoms with Crippen molar-refractivity contribution >= 4 is 40.8 Å². The lowest BCUT2D eigenvalue weighted by molar-refractivity contribution is -0.127. The van der Waals surface area contributed by atoms with Gasteiger partial charge in [0.1, 0.15) is 6.17 Å². The van der Waals surface area contributed by atoms with E-state index < -0.39 is 0 Å². The van der Waals surface area contributed by atoms with Crippen LogP contribution < -0.4 is 5.32 Å². The van der Waals surface area contributed by atoms with E-state index in [9.17, 15) is 4.79 Å². The first-order valence-corrected chi connectivity index (χ1v) is 9.54. The highest BCUT2D eigenvalue weighted by Gasteiger charge is 2.34. The average Bonchev–Trinajstić information content (AvgIpc) is 2.99. The number of rotatable bonds is 3. The molecule has 2 fully saturated rings. The molecule has 1 aromatic heterocycles. The van der Waals surface area contributed by atoms with Crippen LogP contribution in [-0.4, -0.2) is 46.4 Å². The number of hydrogen-bond donors (Lipinski definition) is 1. The minimum absolute atomic E-state index is 0.0960. The summed E-state index contributed by atoms with van der Waals surface area (Å²) in [7, 11) is 0. The van der Waals surface area contributed by atoms with E-state index in [0.717, 1.165) is 6.54 Å². The Hall–Kier alpha value is -0.170. The molecule has 1 aromatic rings. The number of thioether (sulfide) groups is 2. The Labute approximate surface area is 126 Å². The summed E-state index contributed by atoms with van der Waals surface area (Å²) in [5.74, 6) is 3.88. The van der Waals surface area contributed by atoms with Crippen molar-refractivity contribution in [3.63, 3.8) is 0 Å². The van der Waals surface area contributed by atoms with Gasteiger partial charge in [-0.3, -0.25) is 10.1 Å². The van der Waals surface area contributed by atoms with Crippen LogP contribution in [0.3, 0.4) is 0 Å². The Morgan fingerprint density at radius 1 is 1.42 bits per heavy atom. The molecule has 3 nitrogen and oxygen atoms in total. The number of carbonyl (C=O) groups is 1. The molecule has 1 amide bonds. The van der Waals surface area contributed by atoms with Gasteiger partial charge in [0.05, 0.1) is 6.54 Å². The van der Waals surface area contributed by atoms with Crippen molar-refractivity contribution in [3.8, 4) is 0 Å². The summed E-state index contributed by atoms with van der Waals surface area (Å²) in [6, 6.07) is 4.28. The fourth-order valence-corrected chi connectivity index (χ4v) is 6.09. The zero-order valence-corrected chi connectivity index (χ0v) is 13.4. The molecule has 0 radical (unpaired) electrons. The molecule has 2 atom stereocenters. The predicted octanol–water partition coefficient (Wildman–Crippen LogP) is 2.34. The van der Waals surface area contributed by atoms with Gasteiger partial charge < -0.3 is 4.90 Å². The first kappa shape index (κ1) is 13.8. The monoisotopic (exact) mass is 314 g/mol. The zero-order chi connectivity index (χ0) is 13.2. The standard InChI is InChI=1S/C13H18N2OS3/c1-9-2-3-11(19-9)13-14-6-12(16)15(13)7-10-8-17-4-5-18-10/h2-3,10,13-14H,4-8H2,1H3. The van der Waals surface area contributed by atoms with Gasteiger partial charge in [-0.2, -0.15) is 23.5 Å². The molecule has 1 N–H and O–H groups in total. The molecule has 0 aliphatic carbocycles. The van der Waals surface area contributed by atoms with Crippen molar-refractivity contribution in [1.82, 2.24) is 10.2 Å². The maximum Gasteiger partial charge on any atom is 0.238 e. The molecule has 6 heteroatoms. The van der Waals surface area contributed by atoms with Gasteiger partial charge in [0, 0.05) is 38.8 Å². The van der Waals surface area contributed by atoms with Crippen molar-refractivity contribution in [2.24, 2.45) is 0 Å². The number of nitrogens with one attached hydrogen (secondary N) is 1. The lowest BCUT2D eigenvalue weighted by Crippen LogP contribution is -2.37. The number of thiophene rings is 1. The smallest absolute Gasteiger partial charge is 0.238 e. The topological polar surface area (TPSA) is 32.3 Å². The quantitative estimate of drug-likeness (QED) is 0.928. The van der Waals surface area contributed by atoms with Crippen LogP contribution >= 0.6 is 34.9 Å². The van der Waals surface area contributed by atoms with Crippen molar-refractivity contribution in [2.45, 2.75) is 18.3 Å². The summed E-state index contributed by atoms with van der Waals surface area (Å²) in [4.78, 5) is 16.7. The third-order valence-corrected chi connectivity index (χ3v) is 7.27. The van der Waals surface area contributed by atoms with E-state index in [2.05, 4.69) is 24.4 Å². The fraction of sp³-hybridized carbons (Fsp3) is 0.615. The van der Waals surface area contributed by atoms with Crippen LogP contribution in [0.5, 0.6) is 0 Å². The van der Waals surface area contributed by atoms with E-state index in [1.54, 1.807) is 11.3 Å². The zero-order valence-electron chi connectivity index (χ0n) is 10.9. The number of carbonyl (C=O) groups excluding carboxylic acids is 1. The van der Waals surface area contributed by atoms with E-state index >= 15 is 0 Å². The first-order valence-electron chi connectivity index (χ1n) is 6.52. The van der Waals surface area contributed by atoms with E-state index in [1.807, 2.05) is 28.4 Å². The number of aryl methyl sites for hydroxylation is 1. The molecule has 0 spiro atoms. The normalized spacial score (nSPS) is 28.1. The third-order valence-electron chi connectivity index (χ3n) is 3.39. The molecule has 0 bridgehead atoms. The molecule has 0 aromatic carbocycles. The molecule has 104 valence electrons. The maximum absolute atomic E-state index is 12.1. The summed E-state index contributed by atoms with van der Waals surface area (Å²) >= 11 is 5.81. The Bertz CT molecular complexity index is 456. The summed E-state index contributed by atoms with van der Waals surface area (Å²) < 4.78 is 0. The average molecular weight is 315 g/mol. The van der Waals surface area contributed by atoms with E-state index in [1.165, 1.54) is 27.0 Å². The third kappa shape index (κ3) is 3.12. The molecule has 2 aliphatic rings. The summed E-state index contributed by atoms with van der Waals surface area (Å²) in [5.41, 5.74) is 0. The molecular weight excluding hydrogens is 296 g/mol. The van der Waals surface area contributed by atoms with Crippen LogP contribution in [0.1, 0.15) is 15.9 Å². The minimum Gasteiger partial charge on any atom is -0.320 e. The predicted molar refractivity (Wildman–Crippen MR) is 85.1 cm³/mol. The molecule has 2 unspecified atom stereocenters. The highest BCUT2D eigenvalue weighted by atomic mass is 32.2. The minimum atomic E-state index is 0.0960. The van der Waals surface area contributed by atoms with Gasteiger partial charge in [0.15, 0.2) is 0 Å². The summed E-state index contributed by atoms with van der Waals surface area (Å²) in [6.45, 7) is 3.47. The molecular formula is C13H18N2OS3. The number of amides is 1. The Balaban J connectivity index is 1.71. The fourth-order valence-electron chi connectivity index (χ4n) is 2.46. The second-order valence-corrected chi connectivity index (χ2v) is 8.72. The summed E-state index contributed by atoms with van der Waals surface area (Å²) in [6.07, 6.45) is 0.0960. The van der Waals surface area contributed by atoms with Gasteiger partial charge in [0.25, 0.3) is 0 Å². The van der Waals surface area contributed by atoms with Crippen LogP contribution in [0.25, 0.3) is 0 Å². The van der Waals surface area contributed by atoms with Gasteiger partial charge in [-0.05, 0) is 19.1 Å². The molecule has 0 saturated carbocycles. The number of hydrogen-bond acceptors (Lipinski definition) is 5. The van der Waals surface area contributed by atoms with Gasteiger partial charge >= 0.3 is 0 Å². The summed E-state index contributed by atoms with van der Waals surface area (Å²) in [5, 5.41) is 3.94. The van der Waals surface area contributed by atoms with Gasteiger partial charge in [-0.25, -0.2) is 0 Å². The first-order chi connectivity index (χ1) is 9.24.